The van der Waals surface area contributed by atoms with Crippen LogP contribution in [0.25, 0.3) is 0 Å². The monoisotopic (exact) mass is 382 g/mol. The van der Waals surface area contributed by atoms with Gasteiger partial charge in [-0.2, -0.15) is 0 Å². The van der Waals surface area contributed by atoms with Gasteiger partial charge in [0.25, 0.3) is 0 Å². The van der Waals surface area contributed by atoms with Crippen LogP contribution in [-0.4, -0.2) is 18.4 Å². The first-order chi connectivity index (χ1) is 12.1. The van der Waals surface area contributed by atoms with Crippen molar-refractivity contribution in [2.24, 2.45) is 17.8 Å². The maximum absolute atomic E-state index is 13.1. The van der Waals surface area contributed by atoms with Gasteiger partial charge in [-0.1, -0.05) is 45.4 Å². The van der Waals surface area contributed by atoms with Crippen molar-refractivity contribution in [1.82, 2.24) is 0 Å². The van der Waals surface area contributed by atoms with E-state index in [2.05, 4.69) is 13.8 Å². The molecule has 1 rings (SSSR count). The molecule has 0 aromatic heterocycles. The first-order valence-electron chi connectivity index (χ1n) is 9.21. The van der Waals surface area contributed by atoms with Crippen molar-refractivity contribution >= 4 is 20.9 Å². The highest BCUT2D eigenvalue weighted by Crippen LogP contribution is 2.25. The van der Waals surface area contributed by atoms with Crippen molar-refractivity contribution in [3.05, 3.63) is 34.4 Å². The minimum Gasteiger partial charge on any atom is -0.465 e. The highest BCUT2D eigenvalue weighted by atomic mass is 31.0. The molecule has 2 atom stereocenters. The molecular weight excluding hydrogens is 347 g/mol. The number of aryl methyl sites for hydroxylation is 3. The van der Waals surface area contributed by atoms with Gasteiger partial charge in [-0.15, -0.1) is 0 Å². The summed E-state index contributed by atoms with van der Waals surface area (Å²) in [5, 5.41) is 0. The van der Waals surface area contributed by atoms with E-state index in [-0.39, 0.29) is 17.7 Å². The fourth-order valence-corrected chi connectivity index (χ4v) is 3.02. The van der Waals surface area contributed by atoms with Gasteiger partial charge < -0.3 is 9.30 Å². The lowest BCUT2D eigenvalue weighted by Crippen LogP contribution is -2.29. The maximum atomic E-state index is 13.1. The molecule has 0 aliphatic carbocycles. The van der Waals surface area contributed by atoms with E-state index in [1.54, 1.807) is 0 Å². The summed E-state index contributed by atoms with van der Waals surface area (Å²) in [7, 11) is 0.611. The number of benzene rings is 1. The molecule has 0 aliphatic rings. The van der Waals surface area contributed by atoms with Gasteiger partial charge in [-0.3, -0.25) is 9.59 Å². The average Bonchev–Trinajstić information content (AvgIpc) is 2.52. The molecule has 0 heterocycles. The van der Waals surface area contributed by atoms with E-state index in [4.69, 9.17) is 9.30 Å². The first-order valence-corrected chi connectivity index (χ1v) is 9.78. The Hall–Kier alpha value is -1.41. The third-order valence-electron chi connectivity index (χ3n) is 4.17. The Morgan fingerprint density at radius 1 is 0.962 bits per heavy atom. The van der Waals surface area contributed by atoms with Crippen LogP contribution in [0.2, 0.25) is 0 Å². The molecule has 0 radical (unpaired) electrons. The molecule has 0 bridgehead atoms. The van der Waals surface area contributed by atoms with E-state index in [9.17, 15) is 9.59 Å². The molecule has 0 amide bonds. The highest BCUT2D eigenvalue weighted by Gasteiger charge is 2.31. The van der Waals surface area contributed by atoms with E-state index >= 15 is 0 Å². The van der Waals surface area contributed by atoms with Gasteiger partial charge in [0.1, 0.15) is 5.92 Å². The molecule has 1 aromatic rings. The summed E-state index contributed by atoms with van der Waals surface area (Å²) in [6, 6.07) is 3.99. The fourth-order valence-electron chi connectivity index (χ4n) is 3.02. The standard InChI is InChI=1S/C21H32O3.H3OP/c1-13(2)8-9-24-21(23)18(10-14(3)4)20(22)19-16(6)11-15(5)12-17(19)7;1-2/h11-14,18H,8-10H2,1-7H3;2H3. The molecular formula is C21H35O4P. The van der Waals surface area contributed by atoms with E-state index in [0.717, 1.165) is 23.1 Å². The molecule has 1 aromatic carbocycles. The summed E-state index contributed by atoms with van der Waals surface area (Å²) in [5.74, 6) is -0.472. The van der Waals surface area contributed by atoms with Crippen LogP contribution in [-0.2, 0) is 14.1 Å². The second-order valence-corrected chi connectivity index (χ2v) is 7.67. The molecule has 148 valence electrons. The minimum atomic E-state index is -0.711. The molecule has 0 N–H and O–H groups in total. The molecule has 5 heteroatoms. The lowest BCUT2D eigenvalue weighted by atomic mass is 9.85. The predicted molar refractivity (Wildman–Crippen MR) is 110 cm³/mol. The Labute approximate surface area is 160 Å². The number of rotatable bonds is 8. The number of hydrogen-bond acceptors (Lipinski definition) is 4. The number of ketones is 1. The molecule has 0 fully saturated rings. The number of Topliss-reactive ketones (excluding diaryl/α,β-unsaturated/α-hetero) is 1. The SMILES string of the molecule is Cc1cc(C)c(C(=O)C(CC(C)C)C(=O)OCCC(C)C)c(C)c1.O=[PH3]. The summed E-state index contributed by atoms with van der Waals surface area (Å²) < 4.78 is 13.7. The molecule has 2 unspecified atom stereocenters. The van der Waals surface area contributed by atoms with Crippen molar-refractivity contribution in [2.45, 2.75) is 61.3 Å². The van der Waals surface area contributed by atoms with Gasteiger partial charge in [0.15, 0.2) is 5.78 Å². The molecule has 0 aliphatic heterocycles. The zero-order chi connectivity index (χ0) is 20.4. The lowest BCUT2D eigenvalue weighted by molar-refractivity contribution is -0.147. The number of esters is 1. The fraction of sp³-hybridized carbons (Fsp3) is 0.619. The van der Waals surface area contributed by atoms with E-state index in [1.165, 1.54) is 0 Å². The third kappa shape index (κ3) is 7.86. The van der Waals surface area contributed by atoms with Gasteiger partial charge in [-0.25, -0.2) is 0 Å². The summed E-state index contributed by atoms with van der Waals surface area (Å²) in [5.41, 5.74) is 3.66. The summed E-state index contributed by atoms with van der Waals surface area (Å²) in [4.78, 5) is 25.6. The summed E-state index contributed by atoms with van der Waals surface area (Å²) in [6.45, 7) is 14.5. The Kier molecular flexibility index (Phi) is 11.4. The maximum Gasteiger partial charge on any atom is 0.316 e. The quantitative estimate of drug-likeness (QED) is 0.275. The van der Waals surface area contributed by atoms with E-state index in [0.29, 0.717) is 33.6 Å². The molecule has 0 spiro atoms. The zero-order valence-electron chi connectivity index (χ0n) is 17.3. The number of ether oxygens (including phenoxy) is 1. The first kappa shape index (κ1) is 24.6. The second-order valence-electron chi connectivity index (χ2n) is 7.67. The molecule has 4 nitrogen and oxygen atoms in total. The Balaban J connectivity index is 0.00000301. The number of carbonyl (C=O) groups is 2. The zero-order valence-corrected chi connectivity index (χ0v) is 18.8. The Bertz CT molecular complexity index is 585. The van der Waals surface area contributed by atoms with Crippen LogP contribution in [0.1, 0.15) is 67.6 Å². The van der Waals surface area contributed by atoms with Crippen LogP contribution >= 0.6 is 9.12 Å². The topological polar surface area (TPSA) is 60.4 Å². The van der Waals surface area contributed by atoms with Gasteiger partial charge in [-0.05, 0) is 56.6 Å². The van der Waals surface area contributed by atoms with Crippen molar-refractivity contribution in [3.63, 3.8) is 0 Å². The van der Waals surface area contributed by atoms with Gasteiger partial charge in [0.2, 0.25) is 0 Å². The van der Waals surface area contributed by atoms with Crippen LogP contribution in [0.5, 0.6) is 0 Å². The minimum absolute atomic E-state index is 0.103. The van der Waals surface area contributed by atoms with Crippen molar-refractivity contribution in [1.29, 1.82) is 0 Å². The number of carbonyl (C=O) groups excluding carboxylic acids is 2. The van der Waals surface area contributed by atoms with Crippen molar-refractivity contribution in [2.75, 3.05) is 6.61 Å². The van der Waals surface area contributed by atoms with E-state index < -0.39 is 5.92 Å². The van der Waals surface area contributed by atoms with Crippen LogP contribution in [0.15, 0.2) is 12.1 Å². The van der Waals surface area contributed by atoms with E-state index in [1.807, 2.05) is 46.8 Å². The molecule has 0 saturated heterocycles. The molecule has 26 heavy (non-hydrogen) atoms. The van der Waals surface area contributed by atoms with Crippen LogP contribution in [0, 0.1) is 38.5 Å². The van der Waals surface area contributed by atoms with Crippen molar-refractivity contribution in [3.8, 4) is 0 Å². The molecule has 0 saturated carbocycles. The normalized spacial score (nSPS) is 11.9. The smallest absolute Gasteiger partial charge is 0.316 e. The third-order valence-corrected chi connectivity index (χ3v) is 4.17. The Morgan fingerprint density at radius 2 is 1.46 bits per heavy atom. The van der Waals surface area contributed by atoms with Gasteiger partial charge >= 0.3 is 5.97 Å². The second kappa shape index (κ2) is 12.1. The summed E-state index contributed by atoms with van der Waals surface area (Å²) >= 11 is 0. The number of hydrogen-bond donors (Lipinski definition) is 0. The van der Waals surface area contributed by atoms with Crippen LogP contribution in [0.3, 0.4) is 0 Å². The predicted octanol–water partition coefficient (Wildman–Crippen LogP) is 4.99. The van der Waals surface area contributed by atoms with Crippen LogP contribution in [0.4, 0.5) is 0 Å². The van der Waals surface area contributed by atoms with Gasteiger partial charge in [0, 0.05) is 5.56 Å². The largest absolute Gasteiger partial charge is 0.465 e. The Morgan fingerprint density at radius 3 is 1.88 bits per heavy atom. The van der Waals surface area contributed by atoms with Gasteiger partial charge in [0.05, 0.1) is 15.7 Å². The summed E-state index contributed by atoms with van der Waals surface area (Å²) in [6.07, 6.45) is 1.34. The highest BCUT2D eigenvalue weighted by molar-refractivity contribution is 7.00. The average molecular weight is 382 g/mol. The van der Waals surface area contributed by atoms with Crippen LogP contribution < -0.4 is 0 Å². The lowest BCUT2D eigenvalue weighted by Gasteiger charge is -2.20. The van der Waals surface area contributed by atoms with Crippen molar-refractivity contribution < 1.29 is 18.9 Å².